The Morgan fingerprint density at radius 3 is 2.81 bits per heavy atom. The highest BCUT2D eigenvalue weighted by atomic mass is 32.2. The van der Waals surface area contributed by atoms with E-state index in [4.69, 9.17) is 5.73 Å². The molecule has 0 fully saturated rings. The zero-order valence-corrected chi connectivity index (χ0v) is 12.8. The number of hydrogen-bond donors (Lipinski definition) is 2. The molecule has 0 unspecified atom stereocenters. The maximum absolute atomic E-state index is 11.9. The molecule has 2 rings (SSSR count). The van der Waals surface area contributed by atoms with Crippen molar-refractivity contribution in [1.82, 2.24) is 4.98 Å². The van der Waals surface area contributed by atoms with E-state index in [9.17, 15) is 4.79 Å². The number of aryl methyl sites for hydroxylation is 1. The normalized spacial score (nSPS) is 10.3. The van der Waals surface area contributed by atoms with Crippen LogP contribution in [0, 0.1) is 6.92 Å². The third kappa shape index (κ3) is 5.11. The van der Waals surface area contributed by atoms with Crippen molar-refractivity contribution < 1.29 is 4.79 Å². The van der Waals surface area contributed by atoms with Crippen molar-refractivity contribution in [2.24, 2.45) is 0 Å². The first-order valence-corrected chi connectivity index (χ1v) is 7.82. The van der Waals surface area contributed by atoms with E-state index in [2.05, 4.69) is 10.3 Å². The molecule has 2 aromatic rings. The first-order chi connectivity index (χ1) is 10.1. The van der Waals surface area contributed by atoms with Gasteiger partial charge in [0.2, 0.25) is 5.91 Å². The van der Waals surface area contributed by atoms with Gasteiger partial charge >= 0.3 is 0 Å². The number of aromatic nitrogens is 1. The second-order valence-corrected chi connectivity index (χ2v) is 5.93. The number of thioether (sulfide) groups is 1. The Labute approximate surface area is 129 Å². The fraction of sp³-hybridized carbons (Fsp3) is 0.250. The maximum atomic E-state index is 11.9. The van der Waals surface area contributed by atoms with Crippen LogP contribution in [0.3, 0.4) is 0 Å². The summed E-state index contributed by atoms with van der Waals surface area (Å²) in [5.41, 5.74) is 8.20. The van der Waals surface area contributed by atoms with Crippen LogP contribution in [0.4, 0.5) is 11.4 Å². The van der Waals surface area contributed by atoms with Crippen LogP contribution in [0.1, 0.15) is 18.4 Å². The molecule has 1 aromatic heterocycles. The fourth-order valence-corrected chi connectivity index (χ4v) is 2.68. The smallest absolute Gasteiger partial charge is 0.224 e. The van der Waals surface area contributed by atoms with Gasteiger partial charge in [-0.2, -0.15) is 0 Å². The van der Waals surface area contributed by atoms with Gasteiger partial charge in [0, 0.05) is 35.1 Å². The molecular formula is C16H19N3OS. The van der Waals surface area contributed by atoms with E-state index in [1.165, 1.54) is 4.90 Å². The number of nitrogens with zero attached hydrogens (tertiary/aromatic N) is 1. The molecule has 5 heteroatoms. The highest BCUT2D eigenvalue weighted by molar-refractivity contribution is 7.99. The average Bonchev–Trinajstić information content (AvgIpc) is 2.48. The monoisotopic (exact) mass is 301 g/mol. The van der Waals surface area contributed by atoms with Crippen molar-refractivity contribution in [3.05, 3.63) is 48.3 Å². The van der Waals surface area contributed by atoms with Crippen molar-refractivity contribution in [2.75, 3.05) is 16.8 Å². The van der Waals surface area contributed by atoms with E-state index in [-0.39, 0.29) is 5.91 Å². The molecule has 0 atom stereocenters. The largest absolute Gasteiger partial charge is 0.399 e. The first-order valence-electron chi connectivity index (χ1n) is 6.84. The number of rotatable bonds is 6. The van der Waals surface area contributed by atoms with Crippen molar-refractivity contribution >= 4 is 29.0 Å². The quantitative estimate of drug-likeness (QED) is 0.487. The standard InChI is InChI=1S/C16H19N3OS/c1-12-4-5-13(17)11-15(12)19-16(20)3-2-10-21-14-6-8-18-9-7-14/h4-9,11H,2-3,10,17H2,1H3,(H,19,20). The molecule has 0 aliphatic rings. The predicted octanol–water partition coefficient (Wildman–Crippen LogP) is 3.48. The molecule has 0 bridgehead atoms. The minimum Gasteiger partial charge on any atom is -0.399 e. The molecule has 110 valence electrons. The van der Waals surface area contributed by atoms with Gasteiger partial charge in [-0.05, 0) is 48.9 Å². The number of nitrogens with one attached hydrogen (secondary N) is 1. The van der Waals surface area contributed by atoms with Crippen molar-refractivity contribution in [3.63, 3.8) is 0 Å². The second-order valence-electron chi connectivity index (χ2n) is 4.76. The van der Waals surface area contributed by atoms with Crippen LogP contribution >= 0.6 is 11.8 Å². The van der Waals surface area contributed by atoms with Gasteiger partial charge in [0.1, 0.15) is 0 Å². The summed E-state index contributed by atoms with van der Waals surface area (Å²) in [5, 5.41) is 2.91. The van der Waals surface area contributed by atoms with Crippen LogP contribution in [0.15, 0.2) is 47.6 Å². The molecule has 0 saturated heterocycles. The second kappa shape index (κ2) is 7.69. The Kier molecular flexibility index (Phi) is 5.63. The number of anilines is 2. The van der Waals surface area contributed by atoms with E-state index in [1.54, 1.807) is 30.2 Å². The highest BCUT2D eigenvalue weighted by Gasteiger charge is 2.05. The molecule has 4 nitrogen and oxygen atoms in total. The van der Waals surface area contributed by atoms with Gasteiger partial charge in [0.15, 0.2) is 0 Å². The molecule has 0 radical (unpaired) electrons. The van der Waals surface area contributed by atoms with Gasteiger partial charge in [-0.1, -0.05) is 6.07 Å². The number of carbonyl (C=O) groups excluding carboxylic acids is 1. The fourth-order valence-electron chi connectivity index (χ4n) is 1.84. The summed E-state index contributed by atoms with van der Waals surface area (Å²) in [5.74, 6) is 0.937. The zero-order chi connectivity index (χ0) is 15.1. The van der Waals surface area contributed by atoms with Gasteiger partial charge < -0.3 is 11.1 Å². The van der Waals surface area contributed by atoms with Crippen LogP contribution in [0.2, 0.25) is 0 Å². The summed E-state index contributed by atoms with van der Waals surface area (Å²) in [6.45, 7) is 1.95. The third-order valence-electron chi connectivity index (χ3n) is 3.00. The van der Waals surface area contributed by atoms with Gasteiger partial charge in [-0.15, -0.1) is 11.8 Å². The lowest BCUT2D eigenvalue weighted by Gasteiger charge is -2.09. The van der Waals surface area contributed by atoms with Crippen LogP contribution in [-0.2, 0) is 4.79 Å². The number of nitrogen functional groups attached to an aromatic ring is 1. The van der Waals surface area contributed by atoms with Gasteiger partial charge in [0.25, 0.3) is 0 Å². The van der Waals surface area contributed by atoms with E-state index in [0.717, 1.165) is 23.4 Å². The molecule has 3 N–H and O–H groups in total. The number of nitrogens with two attached hydrogens (primary N) is 1. The third-order valence-corrected chi connectivity index (χ3v) is 4.10. The molecular weight excluding hydrogens is 282 g/mol. The Morgan fingerprint density at radius 2 is 2.05 bits per heavy atom. The summed E-state index contributed by atoms with van der Waals surface area (Å²) in [6, 6.07) is 9.47. The lowest BCUT2D eigenvalue weighted by Crippen LogP contribution is -2.12. The summed E-state index contributed by atoms with van der Waals surface area (Å²) in [7, 11) is 0. The SMILES string of the molecule is Cc1ccc(N)cc1NC(=O)CCCSc1ccncc1. The summed E-state index contributed by atoms with van der Waals surface area (Å²) < 4.78 is 0. The summed E-state index contributed by atoms with van der Waals surface area (Å²) >= 11 is 1.73. The zero-order valence-electron chi connectivity index (χ0n) is 12.0. The van der Waals surface area contributed by atoms with E-state index < -0.39 is 0 Å². The molecule has 0 spiro atoms. The Bertz CT molecular complexity index is 602. The molecule has 21 heavy (non-hydrogen) atoms. The average molecular weight is 301 g/mol. The molecule has 0 aliphatic carbocycles. The van der Waals surface area contributed by atoms with Crippen LogP contribution in [-0.4, -0.2) is 16.6 Å². The molecule has 0 saturated carbocycles. The lowest BCUT2D eigenvalue weighted by molar-refractivity contribution is -0.116. The lowest BCUT2D eigenvalue weighted by atomic mass is 10.1. The minimum atomic E-state index is 0.0269. The van der Waals surface area contributed by atoms with E-state index in [1.807, 2.05) is 31.2 Å². The van der Waals surface area contributed by atoms with Gasteiger partial charge in [-0.25, -0.2) is 0 Å². The number of hydrogen-bond acceptors (Lipinski definition) is 4. The van der Waals surface area contributed by atoms with Crippen molar-refractivity contribution in [3.8, 4) is 0 Å². The Morgan fingerprint density at radius 1 is 1.29 bits per heavy atom. The summed E-state index contributed by atoms with van der Waals surface area (Å²) in [4.78, 5) is 17.1. The van der Waals surface area contributed by atoms with Crippen molar-refractivity contribution in [1.29, 1.82) is 0 Å². The van der Waals surface area contributed by atoms with Crippen LogP contribution in [0.25, 0.3) is 0 Å². The van der Waals surface area contributed by atoms with Crippen LogP contribution < -0.4 is 11.1 Å². The number of benzene rings is 1. The van der Waals surface area contributed by atoms with Crippen molar-refractivity contribution in [2.45, 2.75) is 24.7 Å². The first kappa shape index (κ1) is 15.4. The maximum Gasteiger partial charge on any atom is 0.224 e. The topological polar surface area (TPSA) is 68.0 Å². The van der Waals surface area contributed by atoms with Gasteiger partial charge in [-0.3, -0.25) is 9.78 Å². The van der Waals surface area contributed by atoms with Gasteiger partial charge in [0.05, 0.1) is 0 Å². The predicted molar refractivity (Wildman–Crippen MR) is 88.4 cm³/mol. The molecule has 0 aliphatic heterocycles. The molecule has 1 amide bonds. The Balaban J connectivity index is 1.74. The summed E-state index contributed by atoms with van der Waals surface area (Å²) in [6.07, 6.45) is 4.89. The highest BCUT2D eigenvalue weighted by Crippen LogP contribution is 2.20. The number of pyridine rings is 1. The van der Waals surface area contributed by atoms with E-state index >= 15 is 0 Å². The van der Waals surface area contributed by atoms with Crippen LogP contribution in [0.5, 0.6) is 0 Å². The number of carbonyl (C=O) groups is 1. The molecule has 1 aromatic carbocycles. The minimum absolute atomic E-state index is 0.0269. The molecule has 1 heterocycles. The number of amides is 1. The van der Waals surface area contributed by atoms with E-state index in [0.29, 0.717) is 12.1 Å². The Hall–Kier alpha value is -2.01.